The Morgan fingerprint density at radius 2 is 2.27 bits per heavy atom. The first-order chi connectivity index (χ1) is 10.7. The van der Waals surface area contributed by atoms with Gasteiger partial charge < -0.3 is 5.32 Å². The highest BCUT2D eigenvalue weighted by atomic mass is 32.2. The largest absolute Gasteiger partial charge is 0.301 e. The quantitative estimate of drug-likeness (QED) is 0.893. The van der Waals surface area contributed by atoms with Gasteiger partial charge in [-0.2, -0.15) is 4.99 Å². The van der Waals surface area contributed by atoms with Crippen molar-refractivity contribution < 1.29 is 9.59 Å². The van der Waals surface area contributed by atoms with E-state index in [-0.39, 0.29) is 23.5 Å². The van der Waals surface area contributed by atoms with E-state index in [0.717, 1.165) is 0 Å². The predicted molar refractivity (Wildman–Crippen MR) is 89.7 cm³/mol. The number of nitrogens with one attached hydrogen (secondary N) is 1. The van der Waals surface area contributed by atoms with Crippen molar-refractivity contribution in [2.75, 3.05) is 16.8 Å². The van der Waals surface area contributed by atoms with Crippen molar-refractivity contribution >= 4 is 51.6 Å². The van der Waals surface area contributed by atoms with Gasteiger partial charge in [-0.15, -0.1) is 23.1 Å². The van der Waals surface area contributed by atoms with Crippen LogP contribution in [0, 0.1) is 5.92 Å². The molecular formula is C14H12N4O2S2. The Morgan fingerprint density at radius 1 is 1.36 bits per heavy atom. The van der Waals surface area contributed by atoms with Crippen LogP contribution in [0.4, 0.5) is 5.13 Å². The van der Waals surface area contributed by atoms with Crippen LogP contribution < -0.4 is 5.32 Å². The molecular weight excluding hydrogens is 320 g/mol. The van der Waals surface area contributed by atoms with Crippen LogP contribution in [0.5, 0.6) is 0 Å². The molecule has 0 saturated heterocycles. The molecule has 1 N–H and O–H groups in total. The normalized spacial score (nSPS) is 19.5. The topological polar surface area (TPSA) is 83.8 Å². The second-order valence-electron chi connectivity index (χ2n) is 4.50. The number of aliphatic imine (C=N–C) groups is 2. The molecule has 8 heteroatoms. The molecule has 1 aliphatic heterocycles. The Hall–Kier alpha value is -2.06. The molecule has 6 nitrogen and oxygen atoms in total. The predicted octanol–water partition coefficient (Wildman–Crippen LogP) is 1.94. The molecule has 0 radical (unpaired) electrons. The van der Waals surface area contributed by atoms with E-state index < -0.39 is 0 Å². The van der Waals surface area contributed by atoms with Gasteiger partial charge in [0.2, 0.25) is 5.91 Å². The van der Waals surface area contributed by atoms with E-state index >= 15 is 0 Å². The van der Waals surface area contributed by atoms with Gasteiger partial charge in [-0.1, -0.05) is 18.2 Å². The Kier molecular flexibility index (Phi) is 4.59. The molecule has 1 aromatic heterocycles. The summed E-state index contributed by atoms with van der Waals surface area (Å²) in [5, 5.41) is 5.08. The van der Waals surface area contributed by atoms with E-state index in [1.165, 1.54) is 23.1 Å². The fourth-order valence-electron chi connectivity index (χ4n) is 1.96. The zero-order valence-electron chi connectivity index (χ0n) is 11.4. The molecule has 2 amide bonds. The first kappa shape index (κ1) is 14.9. The van der Waals surface area contributed by atoms with Crippen molar-refractivity contribution in [3.63, 3.8) is 0 Å². The van der Waals surface area contributed by atoms with Crippen LogP contribution in [0.25, 0.3) is 0 Å². The molecule has 1 aromatic rings. The number of anilines is 1. The van der Waals surface area contributed by atoms with Crippen LogP contribution in [0.1, 0.15) is 0 Å². The van der Waals surface area contributed by atoms with E-state index in [4.69, 9.17) is 0 Å². The molecule has 1 unspecified atom stereocenters. The average Bonchev–Trinajstić information content (AvgIpc) is 3.00. The van der Waals surface area contributed by atoms with E-state index in [0.29, 0.717) is 22.4 Å². The second-order valence-corrected chi connectivity index (χ2v) is 6.38. The summed E-state index contributed by atoms with van der Waals surface area (Å²) in [6, 6.07) is 0. The summed E-state index contributed by atoms with van der Waals surface area (Å²) in [6.45, 7) is 0. The minimum absolute atomic E-state index is 0.131. The molecule has 2 heterocycles. The molecule has 1 aliphatic carbocycles. The maximum atomic E-state index is 11.9. The molecule has 0 fully saturated rings. The molecule has 0 aromatic carbocycles. The van der Waals surface area contributed by atoms with Crippen molar-refractivity contribution in [2.24, 2.45) is 15.9 Å². The zero-order valence-corrected chi connectivity index (χ0v) is 13.1. The van der Waals surface area contributed by atoms with Gasteiger partial charge >= 0.3 is 0 Å². The molecule has 1 atom stereocenters. The van der Waals surface area contributed by atoms with Crippen LogP contribution in [0.15, 0.2) is 45.9 Å². The summed E-state index contributed by atoms with van der Waals surface area (Å²) in [5.74, 6) is 0.457. The number of amides is 2. The van der Waals surface area contributed by atoms with Crippen LogP contribution in [0.2, 0.25) is 0 Å². The first-order valence-corrected chi connectivity index (χ1v) is 8.58. The number of fused-ring (bicyclic) bond motifs is 1. The summed E-state index contributed by atoms with van der Waals surface area (Å²) in [4.78, 5) is 36.0. The SMILES string of the molecule is O=C(CSCC1=NC(=O)C2C=CC=CC2=N1)Nc1nccs1. The number of hydrogen-bond donors (Lipinski definition) is 1. The van der Waals surface area contributed by atoms with Crippen LogP contribution >= 0.6 is 23.1 Å². The molecule has 112 valence electrons. The van der Waals surface area contributed by atoms with Crippen LogP contribution in [0.3, 0.4) is 0 Å². The van der Waals surface area contributed by atoms with Crippen LogP contribution in [-0.2, 0) is 9.59 Å². The average molecular weight is 332 g/mol. The summed E-state index contributed by atoms with van der Waals surface area (Å²) in [6.07, 6.45) is 8.90. The standard InChI is InChI=1S/C14H12N4O2S2/c19-12(18-14-15-5-6-22-14)8-21-7-11-16-10-4-2-1-3-9(10)13(20)17-11/h1-6,9H,7-8H2,(H,15,18,19). The molecule has 0 bridgehead atoms. The van der Waals surface area contributed by atoms with E-state index in [2.05, 4.69) is 20.3 Å². The number of carbonyl (C=O) groups is 2. The zero-order chi connectivity index (χ0) is 15.4. The van der Waals surface area contributed by atoms with Gasteiger partial charge in [0.05, 0.1) is 17.2 Å². The molecule has 3 rings (SSSR count). The van der Waals surface area contributed by atoms with Crippen LogP contribution in [-0.4, -0.2) is 39.9 Å². The lowest BCUT2D eigenvalue weighted by atomic mass is 9.97. The number of hydrogen-bond acceptors (Lipinski definition) is 6. The summed E-state index contributed by atoms with van der Waals surface area (Å²) < 4.78 is 0. The maximum absolute atomic E-state index is 11.9. The van der Waals surface area contributed by atoms with Gasteiger partial charge in [0, 0.05) is 11.6 Å². The number of amidine groups is 1. The number of thiazole rings is 1. The Morgan fingerprint density at radius 3 is 3.09 bits per heavy atom. The smallest absolute Gasteiger partial charge is 0.260 e. The number of aromatic nitrogens is 1. The number of rotatable bonds is 5. The lowest BCUT2D eigenvalue weighted by molar-refractivity contribution is -0.118. The van der Waals surface area contributed by atoms with E-state index in [1.807, 2.05) is 18.2 Å². The minimum atomic E-state index is -0.355. The molecule has 0 saturated carbocycles. The van der Waals surface area contributed by atoms with Gasteiger partial charge in [0.25, 0.3) is 5.91 Å². The van der Waals surface area contributed by atoms with Crippen molar-refractivity contribution in [1.29, 1.82) is 0 Å². The molecule has 22 heavy (non-hydrogen) atoms. The van der Waals surface area contributed by atoms with E-state index in [9.17, 15) is 9.59 Å². The number of allylic oxidation sites excluding steroid dienone is 3. The van der Waals surface area contributed by atoms with E-state index in [1.54, 1.807) is 17.7 Å². The third-order valence-corrected chi connectivity index (χ3v) is 4.52. The first-order valence-electron chi connectivity index (χ1n) is 6.54. The lowest BCUT2D eigenvalue weighted by Gasteiger charge is -2.17. The highest BCUT2D eigenvalue weighted by Gasteiger charge is 2.26. The third kappa shape index (κ3) is 3.58. The van der Waals surface area contributed by atoms with Gasteiger partial charge in [-0.3, -0.25) is 9.59 Å². The second kappa shape index (κ2) is 6.80. The van der Waals surface area contributed by atoms with Gasteiger partial charge in [0.1, 0.15) is 11.8 Å². The van der Waals surface area contributed by atoms with Gasteiger partial charge in [-0.25, -0.2) is 9.98 Å². The highest BCUT2D eigenvalue weighted by Crippen LogP contribution is 2.18. The molecule has 0 spiro atoms. The lowest BCUT2D eigenvalue weighted by Crippen LogP contribution is -2.27. The van der Waals surface area contributed by atoms with Crippen molar-refractivity contribution in [2.45, 2.75) is 0 Å². The summed E-state index contributed by atoms with van der Waals surface area (Å²) >= 11 is 2.73. The maximum Gasteiger partial charge on any atom is 0.260 e. The highest BCUT2D eigenvalue weighted by molar-refractivity contribution is 8.00. The minimum Gasteiger partial charge on any atom is -0.301 e. The van der Waals surface area contributed by atoms with Gasteiger partial charge in [0.15, 0.2) is 5.13 Å². The monoisotopic (exact) mass is 332 g/mol. The number of nitrogens with zero attached hydrogens (tertiary/aromatic N) is 3. The number of thioether (sulfide) groups is 1. The van der Waals surface area contributed by atoms with Crippen molar-refractivity contribution in [3.8, 4) is 0 Å². The number of carbonyl (C=O) groups excluding carboxylic acids is 2. The Labute approximate surface area is 135 Å². The molecule has 2 aliphatic rings. The fourth-order valence-corrected chi connectivity index (χ4v) is 3.17. The Balaban J connectivity index is 1.51. The third-order valence-electron chi connectivity index (χ3n) is 2.91. The van der Waals surface area contributed by atoms with Crippen molar-refractivity contribution in [1.82, 2.24) is 4.98 Å². The van der Waals surface area contributed by atoms with Gasteiger partial charge in [-0.05, 0) is 6.08 Å². The fraction of sp³-hybridized carbons (Fsp3) is 0.214. The van der Waals surface area contributed by atoms with Crippen molar-refractivity contribution in [3.05, 3.63) is 35.9 Å². The Bertz CT molecular complexity index is 704. The summed E-state index contributed by atoms with van der Waals surface area (Å²) in [7, 11) is 0. The summed E-state index contributed by atoms with van der Waals surface area (Å²) in [5.41, 5.74) is 0.713.